The number of methoxy groups -OCH3 is 1. The summed E-state index contributed by atoms with van der Waals surface area (Å²) in [6, 6.07) is 10.8. The molecule has 31 heavy (non-hydrogen) atoms. The summed E-state index contributed by atoms with van der Waals surface area (Å²) < 4.78 is 34.2. The standard InChI is InChI=1S/C23H26N4O3S/c1-30-19-9-13-26(15-19)18-4-2-5-20(14-18)31(28,29)27-16-21(17-7-11-24-12-8-17)23-22(27)6-3-10-25-23/h2-7,10,14,16,19,24H,8-9,11-13,15H2,1H3. The zero-order valence-electron chi connectivity index (χ0n) is 17.5. The van der Waals surface area contributed by atoms with Crippen LogP contribution in [0.1, 0.15) is 18.4 Å². The van der Waals surface area contributed by atoms with Crippen molar-refractivity contribution in [3.05, 3.63) is 60.4 Å². The van der Waals surface area contributed by atoms with Crippen LogP contribution in [-0.2, 0) is 14.8 Å². The first kappa shape index (κ1) is 20.2. The smallest absolute Gasteiger partial charge is 0.268 e. The normalized spacial score (nSPS) is 19.7. The van der Waals surface area contributed by atoms with Crippen LogP contribution in [0.4, 0.5) is 5.69 Å². The van der Waals surface area contributed by atoms with Gasteiger partial charge in [-0.1, -0.05) is 12.1 Å². The van der Waals surface area contributed by atoms with E-state index < -0.39 is 10.0 Å². The summed E-state index contributed by atoms with van der Waals surface area (Å²) in [5, 5.41) is 3.30. The van der Waals surface area contributed by atoms with E-state index in [1.165, 1.54) is 3.97 Å². The molecule has 162 valence electrons. The number of nitrogens with zero attached hydrogens (tertiary/aromatic N) is 3. The van der Waals surface area contributed by atoms with Gasteiger partial charge in [0, 0.05) is 50.4 Å². The van der Waals surface area contributed by atoms with Crippen molar-refractivity contribution in [2.75, 3.05) is 38.2 Å². The first-order valence-electron chi connectivity index (χ1n) is 10.6. The van der Waals surface area contributed by atoms with Gasteiger partial charge in [-0.3, -0.25) is 4.98 Å². The monoisotopic (exact) mass is 438 g/mol. The van der Waals surface area contributed by atoms with E-state index in [0.29, 0.717) is 5.52 Å². The number of fused-ring (bicyclic) bond motifs is 1. The van der Waals surface area contributed by atoms with Crippen LogP contribution < -0.4 is 10.2 Å². The molecule has 2 aromatic heterocycles. The Morgan fingerprint density at radius 3 is 2.90 bits per heavy atom. The number of benzene rings is 1. The lowest BCUT2D eigenvalue weighted by Crippen LogP contribution is -2.22. The van der Waals surface area contributed by atoms with Crippen LogP contribution in [0.3, 0.4) is 0 Å². The quantitative estimate of drug-likeness (QED) is 0.660. The molecule has 0 bridgehead atoms. The van der Waals surface area contributed by atoms with Crippen LogP contribution in [-0.4, -0.2) is 56.8 Å². The summed E-state index contributed by atoms with van der Waals surface area (Å²) in [6.07, 6.45) is 7.53. The van der Waals surface area contributed by atoms with Crippen LogP contribution in [0, 0.1) is 0 Å². The van der Waals surface area contributed by atoms with Gasteiger partial charge in [0.2, 0.25) is 0 Å². The molecular weight excluding hydrogens is 412 g/mol. The number of ether oxygens (including phenoxy) is 1. The van der Waals surface area contributed by atoms with Crippen LogP contribution in [0.25, 0.3) is 16.6 Å². The highest BCUT2D eigenvalue weighted by atomic mass is 32.2. The Morgan fingerprint density at radius 2 is 2.13 bits per heavy atom. The highest BCUT2D eigenvalue weighted by Gasteiger charge is 2.26. The van der Waals surface area contributed by atoms with Crippen molar-refractivity contribution in [2.24, 2.45) is 0 Å². The Kier molecular flexibility index (Phi) is 5.29. The summed E-state index contributed by atoms with van der Waals surface area (Å²) in [5.41, 5.74) is 4.24. The average molecular weight is 439 g/mol. The Balaban J connectivity index is 1.58. The molecule has 8 heteroatoms. The predicted octanol–water partition coefficient (Wildman–Crippen LogP) is 2.88. The molecule has 0 amide bonds. The summed E-state index contributed by atoms with van der Waals surface area (Å²) in [7, 11) is -2.06. The number of pyridine rings is 1. The fourth-order valence-electron chi connectivity index (χ4n) is 4.44. The van der Waals surface area contributed by atoms with Crippen molar-refractivity contribution in [1.82, 2.24) is 14.3 Å². The van der Waals surface area contributed by atoms with Crippen molar-refractivity contribution < 1.29 is 13.2 Å². The molecule has 1 unspecified atom stereocenters. The summed E-state index contributed by atoms with van der Waals surface area (Å²) >= 11 is 0. The maximum Gasteiger partial charge on any atom is 0.268 e. The van der Waals surface area contributed by atoms with Crippen molar-refractivity contribution >= 4 is 32.3 Å². The molecule has 0 spiro atoms. The number of hydrogen-bond donors (Lipinski definition) is 1. The van der Waals surface area contributed by atoms with Gasteiger partial charge in [-0.05, 0) is 55.3 Å². The SMILES string of the molecule is COC1CCN(c2cccc(S(=O)(=O)n3cc(C4=CCNCC4)c4ncccc43)c2)C1. The highest BCUT2D eigenvalue weighted by Crippen LogP contribution is 2.32. The molecule has 1 saturated heterocycles. The number of hydrogen-bond acceptors (Lipinski definition) is 6. The molecule has 1 N–H and O–H groups in total. The van der Waals surface area contributed by atoms with Crippen molar-refractivity contribution in [3.8, 4) is 0 Å². The topological polar surface area (TPSA) is 76.5 Å². The van der Waals surface area contributed by atoms with E-state index in [0.717, 1.165) is 61.4 Å². The van der Waals surface area contributed by atoms with Gasteiger partial charge in [-0.25, -0.2) is 12.4 Å². The van der Waals surface area contributed by atoms with E-state index in [4.69, 9.17) is 4.74 Å². The van der Waals surface area contributed by atoms with Gasteiger partial charge in [-0.15, -0.1) is 0 Å². The molecule has 0 saturated carbocycles. The van der Waals surface area contributed by atoms with Crippen LogP contribution >= 0.6 is 0 Å². The lowest BCUT2D eigenvalue weighted by molar-refractivity contribution is 0.121. The molecule has 7 nitrogen and oxygen atoms in total. The van der Waals surface area contributed by atoms with Gasteiger partial charge in [0.15, 0.2) is 0 Å². The van der Waals surface area contributed by atoms with Crippen LogP contribution in [0.2, 0.25) is 0 Å². The molecule has 0 aliphatic carbocycles. The van der Waals surface area contributed by atoms with E-state index in [-0.39, 0.29) is 11.0 Å². The largest absolute Gasteiger partial charge is 0.380 e. The molecule has 1 atom stereocenters. The average Bonchev–Trinajstić information content (AvgIpc) is 3.45. The fourth-order valence-corrected chi connectivity index (χ4v) is 5.84. The molecule has 1 aromatic carbocycles. The van der Waals surface area contributed by atoms with Gasteiger partial charge in [-0.2, -0.15) is 0 Å². The molecule has 3 aromatic rings. The molecule has 5 rings (SSSR count). The number of nitrogens with one attached hydrogen (secondary N) is 1. The highest BCUT2D eigenvalue weighted by molar-refractivity contribution is 7.90. The first-order chi connectivity index (χ1) is 15.1. The minimum Gasteiger partial charge on any atom is -0.380 e. The third-order valence-corrected chi connectivity index (χ3v) is 7.82. The van der Waals surface area contributed by atoms with E-state index >= 15 is 0 Å². The van der Waals surface area contributed by atoms with Gasteiger partial charge in [0.25, 0.3) is 10.0 Å². The van der Waals surface area contributed by atoms with Crippen molar-refractivity contribution in [1.29, 1.82) is 0 Å². The lowest BCUT2D eigenvalue weighted by atomic mass is 10.0. The summed E-state index contributed by atoms with van der Waals surface area (Å²) in [6.45, 7) is 3.27. The second kappa shape index (κ2) is 8.11. The van der Waals surface area contributed by atoms with E-state index in [9.17, 15) is 8.42 Å². The molecular formula is C23H26N4O3S. The maximum atomic E-state index is 13.7. The minimum atomic E-state index is -3.78. The summed E-state index contributed by atoms with van der Waals surface area (Å²) in [5.74, 6) is 0. The molecule has 0 radical (unpaired) electrons. The van der Waals surface area contributed by atoms with E-state index in [1.807, 2.05) is 18.2 Å². The predicted molar refractivity (Wildman–Crippen MR) is 122 cm³/mol. The summed E-state index contributed by atoms with van der Waals surface area (Å²) in [4.78, 5) is 6.96. The number of rotatable bonds is 5. The third-order valence-electron chi connectivity index (χ3n) is 6.15. The van der Waals surface area contributed by atoms with Crippen LogP contribution in [0.5, 0.6) is 0 Å². The molecule has 2 aliphatic rings. The zero-order chi connectivity index (χ0) is 21.4. The van der Waals surface area contributed by atoms with Gasteiger partial charge < -0.3 is 15.0 Å². The lowest BCUT2D eigenvalue weighted by Gasteiger charge is -2.19. The third kappa shape index (κ3) is 3.64. The number of aromatic nitrogens is 2. The van der Waals surface area contributed by atoms with Crippen molar-refractivity contribution in [3.63, 3.8) is 0 Å². The van der Waals surface area contributed by atoms with Crippen molar-refractivity contribution in [2.45, 2.75) is 23.8 Å². The first-order valence-corrected chi connectivity index (χ1v) is 12.0. The van der Waals surface area contributed by atoms with Gasteiger partial charge in [0.05, 0.1) is 22.0 Å². The fraction of sp³-hybridized carbons (Fsp3) is 0.348. The Morgan fingerprint density at radius 1 is 1.23 bits per heavy atom. The van der Waals surface area contributed by atoms with Crippen LogP contribution in [0.15, 0.2) is 59.8 Å². The van der Waals surface area contributed by atoms with E-state index in [1.54, 1.807) is 37.7 Å². The molecule has 2 aliphatic heterocycles. The van der Waals surface area contributed by atoms with E-state index in [2.05, 4.69) is 21.3 Å². The second-order valence-corrected chi connectivity index (χ2v) is 9.80. The molecule has 4 heterocycles. The zero-order valence-corrected chi connectivity index (χ0v) is 18.3. The van der Waals surface area contributed by atoms with Gasteiger partial charge in [0.1, 0.15) is 0 Å². The minimum absolute atomic E-state index is 0.181. The number of anilines is 1. The Labute approximate surface area is 182 Å². The Hall–Kier alpha value is -2.68. The second-order valence-electron chi connectivity index (χ2n) is 7.99. The Bertz CT molecular complexity index is 1250. The van der Waals surface area contributed by atoms with Gasteiger partial charge >= 0.3 is 0 Å². The molecule has 1 fully saturated rings. The maximum absolute atomic E-state index is 13.7.